The van der Waals surface area contributed by atoms with Crippen LogP contribution in [0.1, 0.15) is 66.5 Å². The third-order valence-corrected chi connectivity index (χ3v) is 4.05. The van der Waals surface area contributed by atoms with Crippen LogP contribution in [0.2, 0.25) is 0 Å². The third kappa shape index (κ3) is 7.47. The lowest BCUT2D eigenvalue weighted by atomic mass is 10.00. The van der Waals surface area contributed by atoms with Gasteiger partial charge in [0.2, 0.25) is 0 Å². The summed E-state index contributed by atoms with van der Waals surface area (Å²) in [5.41, 5.74) is -1.18. The van der Waals surface area contributed by atoms with Crippen LogP contribution in [-0.4, -0.2) is 55.7 Å². The van der Waals surface area contributed by atoms with Gasteiger partial charge in [0.1, 0.15) is 17.5 Å². The first-order valence-corrected chi connectivity index (χ1v) is 10.2. The van der Waals surface area contributed by atoms with Crippen LogP contribution in [0.3, 0.4) is 0 Å². The SMILES string of the molecule is CC(C)(C)OC(=O)C[C@@H](Cc1cn(C(=O)OC(C)(C)C)cn1)C(=O)ON1C(=O)CCC1=O. The Hall–Kier alpha value is -3.24. The number of hydroxylamine groups is 2. The first-order chi connectivity index (χ1) is 14.6. The standard InChI is InChI=1S/C21H29N3O8/c1-20(2,3)30-17(27)10-13(18(28)32-24-15(25)7-8-16(24)26)9-14-11-23(12-22-14)19(29)31-21(4,5)6/h11-13H,7-10H2,1-6H3/t13-/m1/s1. The average Bonchev–Trinajstić information content (AvgIpc) is 3.20. The van der Waals surface area contributed by atoms with Gasteiger partial charge in [0.05, 0.1) is 18.0 Å². The fourth-order valence-electron chi connectivity index (χ4n) is 2.78. The Morgan fingerprint density at radius 3 is 2.09 bits per heavy atom. The molecule has 0 bridgehead atoms. The van der Waals surface area contributed by atoms with Crippen LogP contribution >= 0.6 is 0 Å². The molecule has 1 fully saturated rings. The number of esters is 1. The number of aromatic nitrogens is 2. The van der Waals surface area contributed by atoms with Crippen molar-refractivity contribution in [1.82, 2.24) is 14.6 Å². The van der Waals surface area contributed by atoms with Crippen molar-refractivity contribution in [2.45, 2.75) is 78.4 Å². The Morgan fingerprint density at radius 2 is 1.56 bits per heavy atom. The van der Waals surface area contributed by atoms with E-state index in [1.165, 1.54) is 12.5 Å². The summed E-state index contributed by atoms with van der Waals surface area (Å²) in [4.78, 5) is 69.8. The maximum absolute atomic E-state index is 12.7. The fraction of sp³-hybridized carbons (Fsp3) is 0.619. The summed E-state index contributed by atoms with van der Waals surface area (Å²) in [5.74, 6) is -3.98. The summed E-state index contributed by atoms with van der Waals surface area (Å²) in [6.07, 6.45) is 1.38. The van der Waals surface area contributed by atoms with Crippen LogP contribution in [0.4, 0.5) is 4.79 Å². The monoisotopic (exact) mass is 451 g/mol. The molecule has 176 valence electrons. The molecule has 0 aromatic carbocycles. The second-order valence-electron chi connectivity index (χ2n) is 9.44. The van der Waals surface area contributed by atoms with Crippen molar-refractivity contribution in [3.63, 3.8) is 0 Å². The highest BCUT2D eigenvalue weighted by Crippen LogP contribution is 2.20. The predicted molar refractivity (Wildman–Crippen MR) is 109 cm³/mol. The fourth-order valence-corrected chi connectivity index (χ4v) is 2.78. The average molecular weight is 451 g/mol. The Labute approximate surface area is 185 Å². The molecular weight excluding hydrogens is 422 g/mol. The molecule has 1 saturated heterocycles. The van der Waals surface area contributed by atoms with Crippen LogP contribution in [0.25, 0.3) is 0 Å². The number of hydrogen-bond acceptors (Lipinski definition) is 9. The van der Waals surface area contributed by atoms with Crippen LogP contribution in [-0.2, 0) is 39.9 Å². The van der Waals surface area contributed by atoms with Crippen LogP contribution in [0.5, 0.6) is 0 Å². The first kappa shape index (κ1) is 25.0. The number of imide groups is 1. The van der Waals surface area contributed by atoms with Crippen molar-refractivity contribution in [1.29, 1.82) is 0 Å². The zero-order valence-corrected chi connectivity index (χ0v) is 19.2. The number of nitrogens with zero attached hydrogens (tertiary/aromatic N) is 3. The van der Waals surface area contributed by atoms with Gasteiger partial charge in [0, 0.05) is 25.5 Å². The summed E-state index contributed by atoms with van der Waals surface area (Å²) in [6, 6.07) is 0. The lowest BCUT2D eigenvalue weighted by Gasteiger charge is -2.22. The molecule has 0 aliphatic carbocycles. The van der Waals surface area contributed by atoms with Crippen molar-refractivity contribution in [3.8, 4) is 0 Å². The molecule has 11 nitrogen and oxygen atoms in total. The molecule has 1 aromatic rings. The highest BCUT2D eigenvalue weighted by atomic mass is 16.7. The summed E-state index contributed by atoms with van der Waals surface area (Å²) in [6.45, 7) is 10.2. The molecule has 0 radical (unpaired) electrons. The van der Waals surface area contributed by atoms with Gasteiger partial charge in [-0.15, -0.1) is 5.06 Å². The molecule has 2 amide bonds. The molecule has 0 unspecified atom stereocenters. The van der Waals surface area contributed by atoms with E-state index < -0.39 is 47.0 Å². The lowest BCUT2D eigenvalue weighted by molar-refractivity contribution is -0.201. The van der Waals surface area contributed by atoms with Crippen LogP contribution in [0.15, 0.2) is 12.5 Å². The molecule has 1 aromatic heterocycles. The van der Waals surface area contributed by atoms with Gasteiger partial charge >= 0.3 is 18.0 Å². The van der Waals surface area contributed by atoms with Gasteiger partial charge in [-0.3, -0.25) is 14.4 Å². The number of rotatable bonds is 6. The molecule has 1 aliphatic heterocycles. The van der Waals surface area contributed by atoms with E-state index in [1.807, 2.05) is 0 Å². The second-order valence-corrected chi connectivity index (χ2v) is 9.44. The molecule has 11 heteroatoms. The van der Waals surface area contributed by atoms with E-state index in [-0.39, 0.29) is 25.7 Å². The number of imidazole rings is 1. The smallest absolute Gasteiger partial charge is 0.419 e. The Morgan fingerprint density at radius 1 is 1.00 bits per heavy atom. The molecule has 0 saturated carbocycles. The van der Waals surface area contributed by atoms with Gasteiger partial charge < -0.3 is 14.3 Å². The topological polar surface area (TPSA) is 134 Å². The van der Waals surface area contributed by atoms with Gasteiger partial charge in [-0.2, -0.15) is 0 Å². The lowest BCUT2D eigenvalue weighted by Crippen LogP contribution is -2.36. The summed E-state index contributed by atoms with van der Waals surface area (Å²) >= 11 is 0. The second kappa shape index (κ2) is 9.49. The highest BCUT2D eigenvalue weighted by Gasteiger charge is 2.36. The maximum atomic E-state index is 12.7. The maximum Gasteiger partial charge on any atom is 0.419 e. The third-order valence-electron chi connectivity index (χ3n) is 4.05. The molecule has 0 N–H and O–H groups in total. The molecule has 32 heavy (non-hydrogen) atoms. The Balaban J connectivity index is 2.16. The summed E-state index contributed by atoms with van der Waals surface area (Å²) in [7, 11) is 0. The van der Waals surface area contributed by atoms with Crippen LogP contribution in [0, 0.1) is 5.92 Å². The quantitative estimate of drug-likeness (QED) is 0.471. The van der Waals surface area contributed by atoms with E-state index in [4.69, 9.17) is 14.3 Å². The van der Waals surface area contributed by atoms with Gasteiger partial charge in [-0.05, 0) is 41.5 Å². The number of carbonyl (C=O) groups is 5. The minimum Gasteiger partial charge on any atom is -0.460 e. The molecule has 2 rings (SSSR count). The number of carbonyl (C=O) groups excluding carboxylic acids is 5. The Kier molecular flexibility index (Phi) is 7.42. The summed E-state index contributed by atoms with van der Waals surface area (Å²) in [5, 5.41) is 0.420. The van der Waals surface area contributed by atoms with Crippen molar-refractivity contribution in [3.05, 3.63) is 18.2 Å². The summed E-state index contributed by atoms with van der Waals surface area (Å²) < 4.78 is 11.6. The molecule has 1 aliphatic rings. The van der Waals surface area contributed by atoms with Gasteiger partial charge in [-0.25, -0.2) is 19.1 Å². The first-order valence-electron chi connectivity index (χ1n) is 10.2. The normalized spacial score (nSPS) is 15.5. The van der Waals surface area contributed by atoms with E-state index in [2.05, 4.69) is 4.98 Å². The van der Waals surface area contributed by atoms with E-state index in [0.717, 1.165) is 4.57 Å². The largest absolute Gasteiger partial charge is 0.460 e. The Bertz CT molecular complexity index is 891. The minimum absolute atomic E-state index is 0.0524. The number of ether oxygens (including phenoxy) is 2. The van der Waals surface area contributed by atoms with Crippen molar-refractivity contribution in [2.24, 2.45) is 5.92 Å². The van der Waals surface area contributed by atoms with Crippen molar-refractivity contribution >= 4 is 29.8 Å². The zero-order valence-electron chi connectivity index (χ0n) is 19.2. The van der Waals surface area contributed by atoms with Crippen LogP contribution < -0.4 is 0 Å². The number of hydrogen-bond donors (Lipinski definition) is 0. The van der Waals surface area contributed by atoms with Gasteiger partial charge in [0.25, 0.3) is 11.8 Å². The van der Waals surface area contributed by atoms with E-state index in [0.29, 0.717) is 10.8 Å². The molecule has 1 atom stereocenters. The van der Waals surface area contributed by atoms with E-state index >= 15 is 0 Å². The van der Waals surface area contributed by atoms with Gasteiger partial charge in [0.15, 0.2) is 0 Å². The van der Waals surface area contributed by atoms with Crippen molar-refractivity contribution in [2.75, 3.05) is 0 Å². The van der Waals surface area contributed by atoms with Gasteiger partial charge in [-0.1, -0.05) is 0 Å². The number of amides is 2. The minimum atomic E-state index is -1.10. The predicted octanol–water partition coefficient (Wildman–Crippen LogP) is 2.16. The van der Waals surface area contributed by atoms with E-state index in [9.17, 15) is 24.0 Å². The van der Waals surface area contributed by atoms with E-state index in [1.54, 1.807) is 41.5 Å². The molecular formula is C21H29N3O8. The highest BCUT2D eigenvalue weighted by molar-refractivity contribution is 6.01. The van der Waals surface area contributed by atoms with Crippen molar-refractivity contribution < 1.29 is 38.3 Å². The molecule has 0 spiro atoms. The zero-order chi connectivity index (χ0) is 24.3. The molecule has 2 heterocycles.